The predicted octanol–water partition coefficient (Wildman–Crippen LogP) is 3.09. The van der Waals surface area contributed by atoms with Crippen molar-refractivity contribution in [2.75, 3.05) is 20.2 Å². The van der Waals surface area contributed by atoms with Crippen molar-refractivity contribution in [3.05, 3.63) is 28.8 Å². The molecule has 1 N–H and O–H groups in total. The van der Waals surface area contributed by atoms with Crippen molar-refractivity contribution in [2.45, 2.75) is 39.5 Å². The van der Waals surface area contributed by atoms with Crippen molar-refractivity contribution < 1.29 is 4.74 Å². The Bertz CT molecular complexity index is 472. The fourth-order valence-corrected chi connectivity index (χ4v) is 2.37. The molecule has 0 saturated carbocycles. The molecule has 1 aromatic rings. The smallest absolute Gasteiger partial charge is 0.125 e. The van der Waals surface area contributed by atoms with Crippen LogP contribution in [0.25, 0.3) is 0 Å². The summed E-state index contributed by atoms with van der Waals surface area (Å²) in [5, 5.41) is 11.9. The molecule has 0 aliphatic rings. The summed E-state index contributed by atoms with van der Waals surface area (Å²) in [5.41, 5.74) is 3.61. The fraction of sp³-hybridized carbons (Fsp3) is 0.562. The normalized spacial score (nSPS) is 11.2. The largest absolute Gasteiger partial charge is 0.496 e. The Balaban J connectivity index is 2.96. The molecule has 0 aliphatic heterocycles. The van der Waals surface area contributed by atoms with Gasteiger partial charge < -0.3 is 10.1 Å². The van der Waals surface area contributed by atoms with E-state index in [2.05, 4.69) is 51.2 Å². The fourth-order valence-electron chi connectivity index (χ4n) is 2.37. The quantitative estimate of drug-likeness (QED) is 0.799. The molecule has 0 atom stereocenters. The molecule has 0 aliphatic carbocycles. The van der Waals surface area contributed by atoms with Crippen LogP contribution in [-0.4, -0.2) is 20.2 Å². The van der Waals surface area contributed by atoms with E-state index in [4.69, 9.17) is 10.00 Å². The van der Waals surface area contributed by atoms with E-state index < -0.39 is 0 Å². The van der Waals surface area contributed by atoms with E-state index in [-0.39, 0.29) is 5.41 Å². The standard InChI is InChI=1S/C16H24N2O/c1-12-9-13(2)15(19-5)14(10-12)16(3,4)11-18-8-6-7-17/h9-10,18H,6,8,11H2,1-5H3. The molecule has 19 heavy (non-hydrogen) atoms. The number of nitrogens with zero attached hydrogens (tertiary/aromatic N) is 1. The van der Waals surface area contributed by atoms with Gasteiger partial charge in [-0.15, -0.1) is 0 Å². The number of ether oxygens (including phenoxy) is 1. The Morgan fingerprint density at radius 3 is 2.58 bits per heavy atom. The van der Waals surface area contributed by atoms with Gasteiger partial charge in [0.1, 0.15) is 5.75 Å². The monoisotopic (exact) mass is 260 g/mol. The lowest BCUT2D eigenvalue weighted by Gasteiger charge is -2.29. The Morgan fingerprint density at radius 2 is 2.00 bits per heavy atom. The van der Waals surface area contributed by atoms with Gasteiger partial charge in [-0.25, -0.2) is 0 Å². The Kier molecular flexibility index (Phi) is 5.38. The minimum absolute atomic E-state index is 0.0302. The SMILES string of the molecule is COc1c(C)cc(C)cc1C(C)(C)CNCCC#N. The van der Waals surface area contributed by atoms with Gasteiger partial charge in [-0.2, -0.15) is 5.26 Å². The zero-order chi connectivity index (χ0) is 14.5. The molecule has 1 aromatic carbocycles. The molecule has 0 spiro atoms. The van der Waals surface area contributed by atoms with Crippen LogP contribution in [0, 0.1) is 25.2 Å². The van der Waals surface area contributed by atoms with Crippen molar-refractivity contribution in [1.29, 1.82) is 5.26 Å². The zero-order valence-corrected chi connectivity index (χ0v) is 12.6. The molecule has 0 saturated heterocycles. The zero-order valence-electron chi connectivity index (χ0n) is 12.6. The first-order valence-electron chi connectivity index (χ1n) is 6.65. The van der Waals surface area contributed by atoms with Gasteiger partial charge in [-0.3, -0.25) is 0 Å². The van der Waals surface area contributed by atoms with E-state index in [0.29, 0.717) is 6.42 Å². The van der Waals surface area contributed by atoms with Crippen LogP contribution >= 0.6 is 0 Å². The minimum Gasteiger partial charge on any atom is -0.496 e. The molecule has 1 rings (SSSR count). The van der Waals surface area contributed by atoms with Crippen LogP contribution in [0.3, 0.4) is 0 Å². The van der Waals surface area contributed by atoms with Crippen LogP contribution in [0.1, 0.15) is 37.0 Å². The van der Waals surface area contributed by atoms with Gasteiger partial charge in [-0.1, -0.05) is 31.5 Å². The van der Waals surface area contributed by atoms with Crippen LogP contribution in [0.15, 0.2) is 12.1 Å². The van der Waals surface area contributed by atoms with Gasteiger partial charge in [-0.05, 0) is 19.4 Å². The molecule has 104 valence electrons. The highest BCUT2D eigenvalue weighted by Crippen LogP contribution is 2.34. The van der Waals surface area contributed by atoms with Crippen molar-refractivity contribution in [1.82, 2.24) is 5.32 Å². The second kappa shape index (κ2) is 6.58. The lowest BCUT2D eigenvalue weighted by Crippen LogP contribution is -2.34. The third-order valence-corrected chi connectivity index (χ3v) is 3.33. The molecule has 0 radical (unpaired) electrons. The average Bonchev–Trinajstić information content (AvgIpc) is 2.34. The molecular weight excluding hydrogens is 236 g/mol. The number of hydrogen-bond acceptors (Lipinski definition) is 3. The van der Waals surface area contributed by atoms with Gasteiger partial charge in [0.25, 0.3) is 0 Å². The summed E-state index contributed by atoms with van der Waals surface area (Å²) in [4.78, 5) is 0. The van der Waals surface area contributed by atoms with E-state index in [1.165, 1.54) is 16.7 Å². The molecule has 0 aromatic heterocycles. The summed E-state index contributed by atoms with van der Waals surface area (Å²) in [7, 11) is 1.72. The first-order valence-corrected chi connectivity index (χ1v) is 6.65. The van der Waals surface area contributed by atoms with Gasteiger partial charge in [0.2, 0.25) is 0 Å². The van der Waals surface area contributed by atoms with E-state index in [0.717, 1.165) is 18.8 Å². The molecule has 0 bridgehead atoms. The summed E-state index contributed by atoms with van der Waals surface area (Å²) < 4.78 is 5.56. The highest BCUT2D eigenvalue weighted by molar-refractivity contribution is 5.47. The highest BCUT2D eigenvalue weighted by Gasteiger charge is 2.25. The van der Waals surface area contributed by atoms with E-state index in [1.807, 2.05) is 0 Å². The Labute approximate surface area is 116 Å². The van der Waals surface area contributed by atoms with Crippen LogP contribution < -0.4 is 10.1 Å². The van der Waals surface area contributed by atoms with Gasteiger partial charge in [0.05, 0.1) is 13.2 Å². The molecule has 3 nitrogen and oxygen atoms in total. The number of hydrogen-bond donors (Lipinski definition) is 1. The number of methoxy groups -OCH3 is 1. The summed E-state index contributed by atoms with van der Waals surface area (Å²) >= 11 is 0. The average molecular weight is 260 g/mol. The number of benzene rings is 1. The number of aryl methyl sites for hydroxylation is 2. The highest BCUT2D eigenvalue weighted by atomic mass is 16.5. The van der Waals surface area contributed by atoms with Gasteiger partial charge >= 0.3 is 0 Å². The van der Waals surface area contributed by atoms with Crippen LogP contribution in [0.2, 0.25) is 0 Å². The van der Waals surface area contributed by atoms with Crippen molar-refractivity contribution in [3.8, 4) is 11.8 Å². The second-order valence-corrected chi connectivity index (χ2v) is 5.63. The first kappa shape index (κ1) is 15.5. The summed E-state index contributed by atoms with van der Waals surface area (Å²) in [6, 6.07) is 6.48. The third-order valence-electron chi connectivity index (χ3n) is 3.33. The number of rotatable bonds is 6. The maximum Gasteiger partial charge on any atom is 0.125 e. The van der Waals surface area contributed by atoms with Crippen molar-refractivity contribution in [3.63, 3.8) is 0 Å². The molecule has 3 heteroatoms. The number of nitrogens with one attached hydrogen (secondary N) is 1. The van der Waals surface area contributed by atoms with E-state index >= 15 is 0 Å². The summed E-state index contributed by atoms with van der Waals surface area (Å²) in [5.74, 6) is 0.970. The summed E-state index contributed by atoms with van der Waals surface area (Å²) in [6.45, 7) is 10.1. The maximum absolute atomic E-state index is 8.56. The Hall–Kier alpha value is -1.53. The van der Waals surface area contributed by atoms with E-state index in [1.54, 1.807) is 7.11 Å². The van der Waals surface area contributed by atoms with Crippen LogP contribution in [-0.2, 0) is 5.41 Å². The predicted molar refractivity (Wildman–Crippen MR) is 78.6 cm³/mol. The summed E-state index contributed by atoms with van der Waals surface area (Å²) in [6.07, 6.45) is 0.542. The van der Waals surface area contributed by atoms with Crippen molar-refractivity contribution >= 4 is 0 Å². The molecule has 0 fully saturated rings. The van der Waals surface area contributed by atoms with Crippen LogP contribution in [0.4, 0.5) is 0 Å². The topological polar surface area (TPSA) is 45.0 Å². The van der Waals surface area contributed by atoms with Crippen LogP contribution in [0.5, 0.6) is 5.75 Å². The van der Waals surface area contributed by atoms with Gasteiger partial charge in [0.15, 0.2) is 0 Å². The lowest BCUT2D eigenvalue weighted by molar-refractivity contribution is 0.383. The molecule has 0 unspecified atom stereocenters. The van der Waals surface area contributed by atoms with E-state index in [9.17, 15) is 0 Å². The third kappa shape index (κ3) is 3.97. The second-order valence-electron chi connectivity index (χ2n) is 5.63. The minimum atomic E-state index is -0.0302. The van der Waals surface area contributed by atoms with Gasteiger partial charge in [0, 0.05) is 30.5 Å². The Morgan fingerprint density at radius 1 is 1.32 bits per heavy atom. The molecular formula is C16H24N2O. The lowest BCUT2D eigenvalue weighted by atomic mass is 9.82. The first-order chi connectivity index (χ1) is 8.92. The number of nitriles is 1. The molecule has 0 amide bonds. The molecule has 0 heterocycles. The maximum atomic E-state index is 8.56. The van der Waals surface area contributed by atoms with Crippen molar-refractivity contribution in [2.24, 2.45) is 0 Å².